The number of hydrogen-bond acceptors (Lipinski definition) is 6. The molecule has 0 spiro atoms. The van der Waals surface area contributed by atoms with E-state index in [1.807, 2.05) is 13.8 Å². The average molecular weight is 544 g/mol. The quantitative estimate of drug-likeness (QED) is 0.290. The number of amides is 2. The van der Waals surface area contributed by atoms with Crippen molar-refractivity contribution in [2.45, 2.75) is 57.9 Å². The minimum absolute atomic E-state index is 0.269. The number of nitrogens with one attached hydrogen (secondary N) is 2. The van der Waals surface area contributed by atoms with Gasteiger partial charge in [-0.25, -0.2) is 9.97 Å². The number of carbonyl (C=O) groups is 2. The molecule has 0 aliphatic heterocycles. The maximum atomic E-state index is 13.9. The fraction of sp³-hybridized carbons (Fsp3) is 0.524. The molecular formula is C21H24F7N5O2S. The predicted molar refractivity (Wildman–Crippen MR) is 119 cm³/mol. The zero-order chi connectivity index (χ0) is 27.3. The van der Waals surface area contributed by atoms with Crippen molar-refractivity contribution in [1.82, 2.24) is 20.4 Å². The minimum atomic E-state index is -5.07. The Balaban J connectivity index is 2.65. The van der Waals surface area contributed by atoms with E-state index in [2.05, 4.69) is 9.97 Å². The normalized spacial score (nSPS) is 12.1. The van der Waals surface area contributed by atoms with E-state index in [0.29, 0.717) is 36.4 Å². The average Bonchev–Trinajstić information content (AvgIpc) is 3.25. The Morgan fingerprint density at radius 2 is 1.72 bits per heavy atom. The first-order valence-corrected chi connectivity index (χ1v) is 11.6. The van der Waals surface area contributed by atoms with Crippen LogP contribution < -0.4 is 10.9 Å². The van der Waals surface area contributed by atoms with Crippen LogP contribution in [0, 0.1) is 0 Å². The molecule has 36 heavy (non-hydrogen) atoms. The van der Waals surface area contributed by atoms with Gasteiger partial charge in [-0.15, -0.1) is 11.3 Å². The van der Waals surface area contributed by atoms with Crippen molar-refractivity contribution < 1.29 is 40.4 Å². The molecule has 0 unspecified atom stereocenters. The summed E-state index contributed by atoms with van der Waals surface area (Å²) in [6.45, 7) is 2.17. The van der Waals surface area contributed by atoms with Gasteiger partial charge in [0.2, 0.25) is 0 Å². The van der Waals surface area contributed by atoms with Gasteiger partial charge < -0.3 is 10.2 Å². The first-order valence-electron chi connectivity index (χ1n) is 10.8. The van der Waals surface area contributed by atoms with Gasteiger partial charge >= 0.3 is 18.3 Å². The Hall–Kier alpha value is -2.97. The number of aromatic nitrogens is 2. The number of nitrogens with zero attached hydrogens (tertiary/aromatic N) is 3. The number of hydrogen-bond donors (Lipinski definition) is 2. The molecule has 0 radical (unpaired) electrons. The van der Waals surface area contributed by atoms with Gasteiger partial charge in [-0.05, 0) is 18.9 Å². The van der Waals surface area contributed by atoms with Crippen LogP contribution in [0.3, 0.4) is 0 Å². The summed E-state index contributed by atoms with van der Waals surface area (Å²) in [7, 11) is 1.45. The lowest BCUT2D eigenvalue weighted by molar-refractivity contribution is -0.137. The van der Waals surface area contributed by atoms with Crippen LogP contribution in [0.5, 0.6) is 0 Å². The number of alkyl halides is 6. The monoisotopic (exact) mass is 543 g/mol. The zero-order valence-corrected chi connectivity index (χ0v) is 20.3. The van der Waals surface area contributed by atoms with Crippen molar-refractivity contribution in [2.75, 3.05) is 18.9 Å². The third-order valence-corrected chi connectivity index (χ3v) is 6.23. The summed E-state index contributed by atoms with van der Waals surface area (Å²) in [5.41, 5.74) is -1.80. The molecule has 0 saturated carbocycles. The summed E-state index contributed by atoms with van der Waals surface area (Å²) in [5, 5.41) is 1.16. The molecular weight excluding hydrogens is 519 g/mol. The van der Waals surface area contributed by atoms with E-state index < -0.39 is 63.2 Å². The van der Waals surface area contributed by atoms with Crippen LogP contribution in [0.25, 0.3) is 10.4 Å². The van der Waals surface area contributed by atoms with Gasteiger partial charge in [0.25, 0.3) is 5.91 Å². The van der Waals surface area contributed by atoms with E-state index in [1.54, 1.807) is 5.32 Å². The highest BCUT2D eigenvalue weighted by Gasteiger charge is 2.38. The largest absolute Gasteiger partial charge is 0.417 e. The maximum absolute atomic E-state index is 13.9. The second-order valence-electron chi connectivity index (χ2n) is 7.85. The molecule has 0 aliphatic rings. The topological polar surface area (TPSA) is 87.2 Å². The summed E-state index contributed by atoms with van der Waals surface area (Å²) in [5.74, 6) is -2.87. The molecule has 200 valence electrons. The highest BCUT2D eigenvalue weighted by molar-refractivity contribution is 7.17. The molecule has 15 heteroatoms. The summed E-state index contributed by atoms with van der Waals surface area (Å²) in [6, 6.07) is 0.0969. The summed E-state index contributed by atoms with van der Waals surface area (Å²) < 4.78 is 92.0. The first-order chi connectivity index (χ1) is 16.7. The standard InChI is InChI=1S/C21H24F7N5O2S/c1-4-6-11(7-5-2)33(3)19(35)15-16(36-18(31-15)17(34)32-28)12-9-29-14(30-10-20(22,23)24)8-13(12)21(25,26)27/h8-9,11H,4-7,10H2,1-3H3,(H,29,30)(H,32,34). The van der Waals surface area contributed by atoms with Crippen LogP contribution in [-0.4, -0.2) is 52.5 Å². The van der Waals surface area contributed by atoms with Gasteiger partial charge in [0.15, 0.2) is 5.01 Å². The number of rotatable bonds is 10. The van der Waals surface area contributed by atoms with Gasteiger partial charge in [0.1, 0.15) is 18.1 Å². The molecule has 0 aromatic carbocycles. The Bertz CT molecular complexity index is 1070. The van der Waals surface area contributed by atoms with E-state index >= 15 is 0 Å². The molecule has 2 aromatic heterocycles. The van der Waals surface area contributed by atoms with E-state index in [4.69, 9.17) is 0 Å². The molecule has 2 heterocycles. The van der Waals surface area contributed by atoms with Gasteiger partial charge in [-0.3, -0.25) is 9.59 Å². The molecule has 0 fully saturated rings. The van der Waals surface area contributed by atoms with Crippen molar-refractivity contribution in [3.8, 4) is 10.4 Å². The predicted octanol–water partition coefficient (Wildman–Crippen LogP) is 5.85. The van der Waals surface area contributed by atoms with Crippen molar-refractivity contribution >= 4 is 29.0 Å². The van der Waals surface area contributed by atoms with E-state index in [1.165, 1.54) is 11.9 Å². The Labute approximate surface area is 206 Å². The van der Waals surface area contributed by atoms with Crippen LogP contribution >= 0.6 is 11.3 Å². The molecule has 0 bridgehead atoms. The molecule has 0 saturated heterocycles. The van der Waals surface area contributed by atoms with E-state index in [0.717, 1.165) is 18.4 Å². The molecule has 2 amide bonds. The third-order valence-electron chi connectivity index (χ3n) is 5.15. The third kappa shape index (κ3) is 7.27. The van der Waals surface area contributed by atoms with Crippen LogP contribution in [0.15, 0.2) is 12.3 Å². The molecule has 0 atom stereocenters. The molecule has 2 N–H and O–H groups in total. The second kappa shape index (κ2) is 11.8. The number of pyridine rings is 1. The van der Waals surface area contributed by atoms with Gasteiger partial charge in [-0.1, -0.05) is 31.2 Å². The molecule has 2 aromatic rings. The number of carbonyl (C=O) groups excluding carboxylic acids is 2. The van der Waals surface area contributed by atoms with Gasteiger partial charge in [0, 0.05) is 24.8 Å². The first kappa shape index (κ1) is 29.3. The minimum Gasteiger partial charge on any atom is -0.361 e. The van der Waals surface area contributed by atoms with Crippen molar-refractivity contribution in [2.24, 2.45) is 0 Å². The lowest BCUT2D eigenvalue weighted by Gasteiger charge is -2.27. The Morgan fingerprint density at radius 1 is 1.11 bits per heavy atom. The summed E-state index contributed by atoms with van der Waals surface area (Å²) in [4.78, 5) is 33.5. The van der Waals surface area contributed by atoms with E-state index in [-0.39, 0.29) is 6.04 Å². The lowest BCUT2D eigenvalue weighted by atomic mass is 10.0. The van der Waals surface area contributed by atoms with Crippen molar-refractivity contribution in [1.29, 1.82) is 0 Å². The molecule has 7 nitrogen and oxygen atoms in total. The van der Waals surface area contributed by atoms with Crippen LogP contribution in [-0.2, 0) is 6.18 Å². The SMILES string of the molecule is CCCC(CCC)N(C)C(=O)c1nc(C(=O)NF)sc1-c1cnc(NCC(F)(F)F)cc1C(F)(F)F. The van der Waals surface area contributed by atoms with Crippen LogP contribution in [0.2, 0.25) is 0 Å². The highest BCUT2D eigenvalue weighted by atomic mass is 32.1. The van der Waals surface area contributed by atoms with Crippen LogP contribution in [0.4, 0.5) is 36.6 Å². The molecule has 0 aliphatic carbocycles. The van der Waals surface area contributed by atoms with E-state index in [9.17, 15) is 40.4 Å². The summed E-state index contributed by atoms with van der Waals surface area (Å²) >= 11 is 0.332. The number of halogens is 7. The second-order valence-corrected chi connectivity index (χ2v) is 8.85. The van der Waals surface area contributed by atoms with Gasteiger partial charge in [0.05, 0.1) is 10.4 Å². The summed E-state index contributed by atoms with van der Waals surface area (Å²) in [6.07, 6.45) is -6.50. The Kier molecular flexibility index (Phi) is 9.63. The zero-order valence-electron chi connectivity index (χ0n) is 19.5. The highest BCUT2D eigenvalue weighted by Crippen LogP contribution is 2.41. The lowest BCUT2D eigenvalue weighted by Crippen LogP contribution is -2.37. The maximum Gasteiger partial charge on any atom is 0.417 e. The van der Waals surface area contributed by atoms with Crippen molar-refractivity contribution in [3.63, 3.8) is 0 Å². The molecule has 2 rings (SSSR count). The Morgan fingerprint density at radius 3 is 2.22 bits per heavy atom. The number of anilines is 1. The van der Waals surface area contributed by atoms with Gasteiger partial charge in [-0.2, -0.15) is 31.9 Å². The van der Waals surface area contributed by atoms with Crippen LogP contribution in [0.1, 0.15) is 65.4 Å². The fourth-order valence-corrected chi connectivity index (χ4v) is 4.44. The number of thiazole rings is 1. The fourth-order valence-electron chi connectivity index (χ4n) is 3.47. The van der Waals surface area contributed by atoms with Crippen molar-refractivity contribution in [3.05, 3.63) is 28.5 Å². The smallest absolute Gasteiger partial charge is 0.361 e.